The fourth-order valence-electron chi connectivity index (χ4n) is 0.983. The molecular formula is C9H8FIO2. The maximum absolute atomic E-state index is 12.9. The molecule has 1 aromatic carbocycles. The number of carbonyl (C=O) groups is 1. The average Bonchev–Trinajstić information content (AvgIpc) is 2.07. The van der Waals surface area contributed by atoms with Crippen LogP contribution in [0.25, 0.3) is 0 Å². The largest absolute Gasteiger partial charge is 0.481 e. The molecule has 0 fully saturated rings. The van der Waals surface area contributed by atoms with Gasteiger partial charge in [0.15, 0.2) is 0 Å². The van der Waals surface area contributed by atoms with E-state index in [9.17, 15) is 9.18 Å². The molecule has 4 heteroatoms. The Morgan fingerprint density at radius 3 is 2.85 bits per heavy atom. The van der Waals surface area contributed by atoms with Gasteiger partial charge in [0, 0.05) is 6.42 Å². The SMILES string of the molecule is O=C(O)CCc1cccc(F)c1I. The third-order valence-corrected chi connectivity index (χ3v) is 2.85. The van der Waals surface area contributed by atoms with E-state index in [0.717, 1.165) is 5.56 Å². The monoisotopic (exact) mass is 294 g/mol. The summed E-state index contributed by atoms with van der Waals surface area (Å²) in [5.74, 6) is -1.15. The maximum atomic E-state index is 12.9. The van der Waals surface area contributed by atoms with E-state index in [1.807, 2.05) is 22.6 Å². The molecule has 0 aliphatic rings. The Bertz CT molecular complexity index is 325. The predicted octanol–water partition coefficient (Wildman–Crippen LogP) is 2.45. The van der Waals surface area contributed by atoms with Gasteiger partial charge in [-0.05, 0) is 40.6 Å². The zero-order chi connectivity index (χ0) is 9.84. The van der Waals surface area contributed by atoms with Crippen LogP contribution in [0.2, 0.25) is 0 Å². The topological polar surface area (TPSA) is 37.3 Å². The predicted molar refractivity (Wildman–Crippen MR) is 55.1 cm³/mol. The summed E-state index contributed by atoms with van der Waals surface area (Å²) in [5, 5.41) is 8.44. The lowest BCUT2D eigenvalue weighted by Crippen LogP contribution is -1.99. The van der Waals surface area contributed by atoms with Crippen LogP contribution >= 0.6 is 22.6 Å². The normalized spacial score (nSPS) is 10.0. The van der Waals surface area contributed by atoms with Gasteiger partial charge in [-0.1, -0.05) is 12.1 Å². The van der Waals surface area contributed by atoms with Crippen LogP contribution in [0.1, 0.15) is 12.0 Å². The van der Waals surface area contributed by atoms with Gasteiger partial charge in [-0.2, -0.15) is 0 Å². The minimum absolute atomic E-state index is 0.0411. The molecule has 0 radical (unpaired) electrons. The second kappa shape index (κ2) is 4.55. The van der Waals surface area contributed by atoms with Crippen molar-refractivity contribution in [2.24, 2.45) is 0 Å². The Labute approximate surface area is 88.9 Å². The van der Waals surface area contributed by atoms with Crippen molar-refractivity contribution in [1.29, 1.82) is 0 Å². The van der Waals surface area contributed by atoms with Crippen molar-refractivity contribution >= 4 is 28.6 Å². The fourth-order valence-corrected chi connectivity index (χ4v) is 1.61. The van der Waals surface area contributed by atoms with Crippen LogP contribution in [-0.2, 0) is 11.2 Å². The molecule has 0 unspecified atom stereocenters. The smallest absolute Gasteiger partial charge is 0.303 e. The molecular weight excluding hydrogens is 286 g/mol. The number of halogens is 2. The Hall–Kier alpha value is -0.650. The first-order valence-electron chi connectivity index (χ1n) is 3.76. The molecule has 1 aromatic rings. The van der Waals surface area contributed by atoms with Gasteiger partial charge in [-0.3, -0.25) is 4.79 Å². The van der Waals surface area contributed by atoms with Gasteiger partial charge in [0.2, 0.25) is 0 Å². The number of benzene rings is 1. The lowest BCUT2D eigenvalue weighted by molar-refractivity contribution is -0.136. The first-order valence-corrected chi connectivity index (χ1v) is 4.84. The highest BCUT2D eigenvalue weighted by Crippen LogP contribution is 2.17. The molecule has 0 heterocycles. The molecule has 0 bridgehead atoms. The van der Waals surface area contributed by atoms with Crippen molar-refractivity contribution in [2.45, 2.75) is 12.8 Å². The summed E-state index contributed by atoms with van der Waals surface area (Å²) in [6.07, 6.45) is 0.421. The minimum Gasteiger partial charge on any atom is -0.481 e. The van der Waals surface area contributed by atoms with E-state index < -0.39 is 5.97 Å². The van der Waals surface area contributed by atoms with Gasteiger partial charge in [-0.25, -0.2) is 4.39 Å². The summed E-state index contributed by atoms with van der Waals surface area (Å²) >= 11 is 1.88. The highest BCUT2D eigenvalue weighted by Gasteiger charge is 2.06. The van der Waals surface area contributed by atoms with E-state index >= 15 is 0 Å². The molecule has 0 saturated heterocycles. The average molecular weight is 294 g/mol. The highest BCUT2D eigenvalue weighted by atomic mass is 127. The summed E-state index contributed by atoms with van der Waals surface area (Å²) < 4.78 is 13.5. The molecule has 0 aromatic heterocycles. The summed E-state index contributed by atoms with van der Waals surface area (Å²) in [5.41, 5.74) is 0.753. The number of aryl methyl sites for hydroxylation is 1. The number of carboxylic acids is 1. The third-order valence-electron chi connectivity index (χ3n) is 1.64. The Balaban J connectivity index is 2.77. The van der Waals surface area contributed by atoms with Crippen LogP contribution in [0, 0.1) is 9.39 Å². The number of aliphatic carboxylic acids is 1. The molecule has 70 valence electrons. The minimum atomic E-state index is -0.861. The Morgan fingerprint density at radius 1 is 1.54 bits per heavy atom. The van der Waals surface area contributed by atoms with Crippen molar-refractivity contribution in [3.05, 3.63) is 33.1 Å². The quantitative estimate of drug-likeness (QED) is 0.869. The second-order valence-corrected chi connectivity index (χ2v) is 3.69. The van der Waals surface area contributed by atoms with Gasteiger partial charge in [0.1, 0.15) is 5.82 Å². The summed E-state index contributed by atoms with van der Waals surface area (Å²) in [7, 11) is 0. The van der Waals surface area contributed by atoms with E-state index in [2.05, 4.69) is 0 Å². The van der Waals surface area contributed by atoms with E-state index in [0.29, 0.717) is 9.99 Å². The first kappa shape index (κ1) is 10.4. The number of hydrogen-bond donors (Lipinski definition) is 1. The van der Waals surface area contributed by atoms with E-state index in [1.165, 1.54) is 6.07 Å². The van der Waals surface area contributed by atoms with Gasteiger partial charge < -0.3 is 5.11 Å². The lowest BCUT2D eigenvalue weighted by Gasteiger charge is -2.02. The maximum Gasteiger partial charge on any atom is 0.303 e. The van der Waals surface area contributed by atoms with Crippen molar-refractivity contribution in [3.8, 4) is 0 Å². The van der Waals surface area contributed by atoms with Gasteiger partial charge >= 0.3 is 5.97 Å². The number of carboxylic acid groups (broad SMARTS) is 1. The standard InChI is InChI=1S/C9H8FIO2/c10-7-3-1-2-6(9(7)11)4-5-8(12)13/h1-3H,4-5H2,(H,12,13). The van der Waals surface area contributed by atoms with E-state index in [4.69, 9.17) is 5.11 Å². The molecule has 0 amide bonds. The van der Waals surface area contributed by atoms with Crippen LogP contribution in [0.15, 0.2) is 18.2 Å². The van der Waals surface area contributed by atoms with Gasteiger partial charge in [0.25, 0.3) is 0 Å². The first-order chi connectivity index (χ1) is 6.11. The highest BCUT2D eigenvalue weighted by molar-refractivity contribution is 14.1. The number of rotatable bonds is 3. The van der Waals surface area contributed by atoms with Crippen molar-refractivity contribution in [1.82, 2.24) is 0 Å². The summed E-state index contributed by atoms with van der Waals surface area (Å²) in [4.78, 5) is 10.3. The number of hydrogen-bond acceptors (Lipinski definition) is 1. The molecule has 0 saturated carbocycles. The molecule has 2 nitrogen and oxygen atoms in total. The van der Waals surface area contributed by atoms with Crippen LogP contribution in [0.3, 0.4) is 0 Å². The van der Waals surface area contributed by atoms with Crippen LogP contribution in [0.4, 0.5) is 4.39 Å². The van der Waals surface area contributed by atoms with Gasteiger partial charge in [0.05, 0.1) is 3.57 Å². The fraction of sp³-hybridized carbons (Fsp3) is 0.222. The van der Waals surface area contributed by atoms with E-state index in [-0.39, 0.29) is 12.2 Å². The Kier molecular flexibility index (Phi) is 3.65. The van der Waals surface area contributed by atoms with Crippen LogP contribution in [0.5, 0.6) is 0 Å². The zero-order valence-corrected chi connectivity index (χ0v) is 8.92. The van der Waals surface area contributed by atoms with Crippen molar-refractivity contribution in [2.75, 3.05) is 0 Å². The Morgan fingerprint density at radius 2 is 2.23 bits per heavy atom. The van der Waals surface area contributed by atoms with Crippen LogP contribution in [-0.4, -0.2) is 11.1 Å². The lowest BCUT2D eigenvalue weighted by atomic mass is 10.1. The van der Waals surface area contributed by atoms with Gasteiger partial charge in [-0.15, -0.1) is 0 Å². The summed E-state index contributed by atoms with van der Waals surface area (Å²) in [6.45, 7) is 0. The van der Waals surface area contributed by atoms with E-state index in [1.54, 1.807) is 12.1 Å². The van der Waals surface area contributed by atoms with Crippen molar-refractivity contribution in [3.63, 3.8) is 0 Å². The molecule has 0 aliphatic heterocycles. The molecule has 0 aliphatic carbocycles. The van der Waals surface area contributed by atoms with Crippen molar-refractivity contribution < 1.29 is 14.3 Å². The zero-order valence-electron chi connectivity index (χ0n) is 6.76. The molecule has 0 atom stereocenters. The molecule has 0 spiro atoms. The second-order valence-electron chi connectivity index (χ2n) is 2.61. The molecule has 1 N–H and O–H groups in total. The summed E-state index contributed by atoms with van der Waals surface area (Å²) in [6, 6.07) is 4.70. The van der Waals surface area contributed by atoms with Crippen LogP contribution < -0.4 is 0 Å². The molecule has 13 heavy (non-hydrogen) atoms. The molecule has 1 rings (SSSR count). The third kappa shape index (κ3) is 2.95.